The van der Waals surface area contributed by atoms with Crippen LogP contribution in [0.3, 0.4) is 0 Å². The Bertz CT molecular complexity index is 616. The van der Waals surface area contributed by atoms with Crippen molar-refractivity contribution < 1.29 is 13.9 Å². The third kappa shape index (κ3) is 4.76. The fourth-order valence-corrected chi connectivity index (χ4v) is 1.91. The van der Waals surface area contributed by atoms with Crippen LogP contribution in [0.15, 0.2) is 48.5 Å². The van der Waals surface area contributed by atoms with Crippen LogP contribution in [-0.2, 0) is 11.3 Å². The molecule has 2 aromatic rings. The monoisotopic (exact) mass is 307 g/mol. The number of hydrogen-bond donors (Lipinski definition) is 1. The van der Waals surface area contributed by atoms with Gasteiger partial charge in [-0.05, 0) is 42.8 Å². The maximum atomic E-state index is 12.8. The predicted molar refractivity (Wildman–Crippen MR) is 79.8 cm³/mol. The van der Waals surface area contributed by atoms with E-state index in [0.29, 0.717) is 17.3 Å². The summed E-state index contributed by atoms with van der Waals surface area (Å²) in [6.07, 6.45) is -0.649. The number of hydrogen-bond acceptors (Lipinski definition) is 2. The lowest BCUT2D eigenvalue weighted by Gasteiger charge is -2.15. The summed E-state index contributed by atoms with van der Waals surface area (Å²) in [6, 6.07) is 12.8. The van der Waals surface area contributed by atoms with Crippen LogP contribution in [0.1, 0.15) is 12.5 Å². The van der Waals surface area contributed by atoms with Gasteiger partial charge in [0.2, 0.25) is 0 Å². The Kier molecular flexibility index (Phi) is 5.17. The summed E-state index contributed by atoms with van der Waals surface area (Å²) in [6.45, 7) is 1.98. The Morgan fingerprint density at radius 2 is 2.00 bits per heavy atom. The summed E-state index contributed by atoms with van der Waals surface area (Å²) in [5.74, 6) is -0.0195. The van der Waals surface area contributed by atoms with E-state index in [9.17, 15) is 9.18 Å². The first-order valence-electron chi connectivity index (χ1n) is 6.49. The average Bonchev–Trinajstić information content (AvgIpc) is 2.46. The molecule has 2 rings (SSSR count). The van der Waals surface area contributed by atoms with E-state index in [4.69, 9.17) is 16.3 Å². The molecule has 0 aliphatic heterocycles. The molecule has 0 radical (unpaired) electrons. The molecular weight excluding hydrogens is 293 g/mol. The van der Waals surface area contributed by atoms with Crippen LogP contribution in [0.5, 0.6) is 5.75 Å². The largest absolute Gasteiger partial charge is 0.481 e. The van der Waals surface area contributed by atoms with E-state index in [-0.39, 0.29) is 11.7 Å². The summed E-state index contributed by atoms with van der Waals surface area (Å²) in [4.78, 5) is 11.9. The molecule has 0 aliphatic carbocycles. The van der Waals surface area contributed by atoms with Gasteiger partial charge in [-0.25, -0.2) is 4.39 Å². The van der Waals surface area contributed by atoms with Gasteiger partial charge in [-0.15, -0.1) is 0 Å². The van der Waals surface area contributed by atoms with Gasteiger partial charge in [-0.1, -0.05) is 29.8 Å². The van der Waals surface area contributed by atoms with Crippen LogP contribution in [-0.4, -0.2) is 12.0 Å². The second-order valence-corrected chi connectivity index (χ2v) is 5.00. The van der Waals surface area contributed by atoms with Crippen molar-refractivity contribution in [2.75, 3.05) is 0 Å². The van der Waals surface area contributed by atoms with E-state index in [1.165, 1.54) is 12.1 Å². The zero-order chi connectivity index (χ0) is 15.2. The molecule has 1 unspecified atom stereocenters. The van der Waals surface area contributed by atoms with Gasteiger partial charge in [0.15, 0.2) is 6.10 Å². The molecule has 21 heavy (non-hydrogen) atoms. The lowest BCUT2D eigenvalue weighted by atomic mass is 10.2. The molecule has 0 spiro atoms. The highest BCUT2D eigenvalue weighted by Gasteiger charge is 2.14. The van der Waals surface area contributed by atoms with Crippen LogP contribution in [0.25, 0.3) is 0 Å². The van der Waals surface area contributed by atoms with Gasteiger partial charge < -0.3 is 10.1 Å². The summed E-state index contributed by atoms with van der Waals surface area (Å²) in [5.41, 5.74) is 0.819. The molecule has 0 heterocycles. The summed E-state index contributed by atoms with van der Waals surface area (Å²) >= 11 is 5.85. The minimum absolute atomic E-state index is 0.251. The zero-order valence-electron chi connectivity index (χ0n) is 11.5. The SMILES string of the molecule is CC(Oc1cccc(Cl)c1)C(=O)NCc1ccc(F)cc1. The Hall–Kier alpha value is -2.07. The minimum Gasteiger partial charge on any atom is -0.481 e. The molecule has 110 valence electrons. The minimum atomic E-state index is -0.649. The quantitative estimate of drug-likeness (QED) is 0.917. The number of ether oxygens (including phenoxy) is 1. The van der Waals surface area contributed by atoms with Gasteiger partial charge in [-0.2, -0.15) is 0 Å². The maximum Gasteiger partial charge on any atom is 0.261 e. The zero-order valence-corrected chi connectivity index (χ0v) is 12.2. The van der Waals surface area contributed by atoms with E-state index >= 15 is 0 Å². The van der Waals surface area contributed by atoms with Crippen LogP contribution in [0.2, 0.25) is 5.02 Å². The van der Waals surface area contributed by atoms with Gasteiger partial charge in [0, 0.05) is 11.6 Å². The van der Waals surface area contributed by atoms with Crippen molar-refractivity contribution in [2.24, 2.45) is 0 Å². The lowest BCUT2D eigenvalue weighted by molar-refractivity contribution is -0.127. The molecule has 0 saturated heterocycles. The first kappa shape index (κ1) is 15.3. The molecule has 5 heteroatoms. The van der Waals surface area contributed by atoms with E-state index in [2.05, 4.69) is 5.32 Å². The summed E-state index contributed by atoms with van der Waals surface area (Å²) < 4.78 is 18.3. The van der Waals surface area contributed by atoms with Gasteiger partial charge in [0.1, 0.15) is 11.6 Å². The second kappa shape index (κ2) is 7.09. The van der Waals surface area contributed by atoms with Crippen LogP contribution >= 0.6 is 11.6 Å². The molecule has 0 saturated carbocycles. The van der Waals surface area contributed by atoms with E-state index in [0.717, 1.165) is 5.56 Å². The Morgan fingerprint density at radius 3 is 2.67 bits per heavy atom. The molecule has 0 aromatic heterocycles. The van der Waals surface area contributed by atoms with E-state index in [1.54, 1.807) is 43.3 Å². The molecular formula is C16H15ClFNO2. The highest BCUT2D eigenvalue weighted by Crippen LogP contribution is 2.18. The van der Waals surface area contributed by atoms with Crippen molar-refractivity contribution in [3.63, 3.8) is 0 Å². The number of halogens is 2. The van der Waals surface area contributed by atoms with E-state index in [1.807, 2.05) is 0 Å². The smallest absolute Gasteiger partial charge is 0.261 e. The highest BCUT2D eigenvalue weighted by molar-refractivity contribution is 6.30. The molecule has 1 amide bonds. The topological polar surface area (TPSA) is 38.3 Å². The fourth-order valence-electron chi connectivity index (χ4n) is 1.73. The van der Waals surface area contributed by atoms with Gasteiger partial charge in [0.25, 0.3) is 5.91 Å². The van der Waals surface area contributed by atoms with Crippen LogP contribution in [0, 0.1) is 5.82 Å². The molecule has 0 bridgehead atoms. The summed E-state index contributed by atoms with van der Waals surface area (Å²) in [7, 11) is 0. The molecule has 0 fully saturated rings. The molecule has 2 aromatic carbocycles. The molecule has 1 atom stereocenters. The van der Waals surface area contributed by atoms with Crippen molar-refractivity contribution in [3.8, 4) is 5.75 Å². The van der Waals surface area contributed by atoms with Crippen molar-refractivity contribution in [3.05, 3.63) is 64.9 Å². The number of carbonyl (C=O) groups excluding carboxylic acids is 1. The van der Waals surface area contributed by atoms with Crippen molar-refractivity contribution in [1.29, 1.82) is 0 Å². The number of carbonyl (C=O) groups is 1. The first-order chi connectivity index (χ1) is 10.0. The maximum absolute atomic E-state index is 12.8. The molecule has 1 N–H and O–H groups in total. The normalized spacial score (nSPS) is 11.8. The highest BCUT2D eigenvalue weighted by atomic mass is 35.5. The predicted octanol–water partition coefficient (Wildman–Crippen LogP) is 3.56. The van der Waals surface area contributed by atoms with Gasteiger partial charge in [-0.3, -0.25) is 4.79 Å². The third-order valence-corrected chi connectivity index (χ3v) is 3.09. The first-order valence-corrected chi connectivity index (χ1v) is 6.87. The number of rotatable bonds is 5. The second-order valence-electron chi connectivity index (χ2n) is 4.56. The Labute approximate surface area is 127 Å². The average molecular weight is 308 g/mol. The molecule has 0 aliphatic rings. The molecule has 3 nitrogen and oxygen atoms in total. The number of nitrogens with one attached hydrogen (secondary N) is 1. The third-order valence-electron chi connectivity index (χ3n) is 2.86. The van der Waals surface area contributed by atoms with E-state index < -0.39 is 6.10 Å². The number of amides is 1. The Morgan fingerprint density at radius 1 is 1.29 bits per heavy atom. The summed E-state index contributed by atoms with van der Waals surface area (Å²) in [5, 5.41) is 3.28. The van der Waals surface area contributed by atoms with Gasteiger partial charge >= 0.3 is 0 Å². The van der Waals surface area contributed by atoms with Crippen molar-refractivity contribution in [2.45, 2.75) is 19.6 Å². The standard InChI is InChI=1S/C16H15ClFNO2/c1-11(21-15-4-2-3-13(17)9-15)16(20)19-10-12-5-7-14(18)8-6-12/h2-9,11H,10H2,1H3,(H,19,20). The number of benzene rings is 2. The Balaban J connectivity index is 1.86. The van der Waals surface area contributed by atoms with Gasteiger partial charge in [0.05, 0.1) is 0 Å². The lowest BCUT2D eigenvalue weighted by Crippen LogP contribution is -2.35. The van der Waals surface area contributed by atoms with Crippen LogP contribution in [0.4, 0.5) is 4.39 Å². The van der Waals surface area contributed by atoms with Crippen molar-refractivity contribution >= 4 is 17.5 Å². The fraction of sp³-hybridized carbons (Fsp3) is 0.188. The van der Waals surface area contributed by atoms with Crippen LogP contribution < -0.4 is 10.1 Å². The van der Waals surface area contributed by atoms with Crippen molar-refractivity contribution in [1.82, 2.24) is 5.32 Å².